The van der Waals surface area contributed by atoms with Gasteiger partial charge in [0.15, 0.2) is 6.29 Å². The molecule has 3 N–H and O–H groups in total. The molecule has 0 aromatic heterocycles. The van der Waals surface area contributed by atoms with Crippen molar-refractivity contribution in [1.29, 1.82) is 0 Å². The maximum atomic E-state index is 9.57. The third-order valence-electron chi connectivity index (χ3n) is 8.95. The minimum Gasteiger partial charge on any atom is -0.392 e. The van der Waals surface area contributed by atoms with Crippen LogP contribution >= 0.6 is 0 Å². The first kappa shape index (κ1) is 29.7. The van der Waals surface area contributed by atoms with E-state index in [2.05, 4.69) is 108 Å². The van der Waals surface area contributed by atoms with Crippen molar-refractivity contribution < 1.29 is 14.6 Å². The number of hydrogen-bond acceptors (Lipinski definition) is 6. The molecule has 4 aromatic rings. The molecule has 43 heavy (non-hydrogen) atoms. The predicted octanol–water partition coefficient (Wildman–Crippen LogP) is 5.91. The first-order chi connectivity index (χ1) is 21.1. The van der Waals surface area contributed by atoms with Crippen LogP contribution in [0.3, 0.4) is 0 Å². The second kappa shape index (κ2) is 14.0. The lowest BCUT2D eigenvalue weighted by Crippen LogP contribution is -2.51. The molecule has 0 spiro atoms. The van der Waals surface area contributed by atoms with Crippen LogP contribution in [-0.2, 0) is 29.2 Å². The Morgan fingerprint density at radius 1 is 0.698 bits per heavy atom. The smallest absolute Gasteiger partial charge is 0.184 e. The van der Waals surface area contributed by atoms with Gasteiger partial charge in [0.2, 0.25) is 0 Å². The number of hydrogen-bond donors (Lipinski definition) is 2. The van der Waals surface area contributed by atoms with E-state index in [1.165, 1.54) is 5.56 Å². The van der Waals surface area contributed by atoms with Crippen LogP contribution in [0.4, 0.5) is 0 Å². The van der Waals surface area contributed by atoms with Gasteiger partial charge in [0.25, 0.3) is 0 Å². The van der Waals surface area contributed by atoms with Gasteiger partial charge in [0, 0.05) is 57.3 Å². The summed E-state index contributed by atoms with van der Waals surface area (Å²) in [6, 6.07) is 35.8. The van der Waals surface area contributed by atoms with Crippen molar-refractivity contribution in [3.05, 3.63) is 131 Å². The molecular weight excluding hydrogens is 534 g/mol. The summed E-state index contributed by atoms with van der Waals surface area (Å²) in [5, 5.41) is 9.57. The van der Waals surface area contributed by atoms with E-state index in [4.69, 9.17) is 15.2 Å². The van der Waals surface area contributed by atoms with E-state index in [0.717, 1.165) is 72.6 Å². The lowest BCUT2D eigenvalue weighted by Gasteiger charge is -2.44. The zero-order valence-corrected chi connectivity index (χ0v) is 25.0. The molecule has 2 aliphatic heterocycles. The molecule has 4 aromatic carbocycles. The van der Waals surface area contributed by atoms with Crippen LogP contribution in [0.1, 0.15) is 47.1 Å². The number of piperazine rings is 1. The first-order valence-corrected chi connectivity index (χ1v) is 15.5. The topological polar surface area (TPSA) is 71.2 Å². The maximum Gasteiger partial charge on any atom is 0.184 e. The third-order valence-corrected chi connectivity index (χ3v) is 8.95. The Hall–Kier alpha value is -3.36. The monoisotopic (exact) mass is 577 g/mol. The number of aliphatic hydroxyl groups is 1. The Labute approximate surface area is 255 Å². The van der Waals surface area contributed by atoms with Crippen LogP contribution < -0.4 is 5.73 Å². The van der Waals surface area contributed by atoms with Crippen molar-refractivity contribution in [2.24, 2.45) is 11.7 Å². The van der Waals surface area contributed by atoms with E-state index in [0.29, 0.717) is 6.54 Å². The van der Waals surface area contributed by atoms with E-state index >= 15 is 0 Å². The number of benzene rings is 4. The van der Waals surface area contributed by atoms with Gasteiger partial charge in [0.1, 0.15) is 0 Å². The lowest BCUT2D eigenvalue weighted by atomic mass is 9.89. The Morgan fingerprint density at radius 2 is 1.37 bits per heavy atom. The van der Waals surface area contributed by atoms with Gasteiger partial charge >= 0.3 is 0 Å². The molecule has 0 aliphatic carbocycles. The van der Waals surface area contributed by atoms with Crippen LogP contribution in [0, 0.1) is 5.92 Å². The summed E-state index contributed by atoms with van der Waals surface area (Å²) in [7, 11) is 0. The first-order valence-electron chi connectivity index (χ1n) is 15.5. The number of nitrogens with zero attached hydrogens (tertiary/aromatic N) is 2. The van der Waals surface area contributed by atoms with Crippen LogP contribution in [0.15, 0.2) is 103 Å². The summed E-state index contributed by atoms with van der Waals surface area (Å²) < 4.78 is 13.5. The van der Waals surface area contributed by atoms with E-state index in [-0.39, 0.29) is 24.7 Å². The molecule has 4 unspecified atom stereocenters. The zero-order valence-electron chi connectivity index (χ0n) is 25.0. The summed E-state index contributed by atoms with van der Waals surface area (Å²) in [5.74, 6) is 0.164. The highest BCUT2D eigenvalue weighted by Gasteiger charge is 2.39. The SMILES string of the molecule is CC1C(CN2CCN(Cc3ccccc3)CC2)OC(c2ccc(-c3cccc(CN)c3)cc2)OC1c1ccc(CO)cc1. The van der Waals surface area contributed by atoms with E-state index < -0.39 is 6.29 Å². The van der Waals surface area contributed by atoms with Crippen molar-refractivity contribution >= 4 is 0 Å². The molecule has 2 fully saturated rings. The second-order valence-electron chi connectivity index (χ2n) is 11.9. The molecule has 6 rings (SSSR count). The normalized spacial score (nSPS) is 23.3. The fourth-order valence-corrected chi connectivity index (χ4v) is 6.26. The van der Waals surface area contributed by atoms with Gasteiger partial charge in [-0.3, -0.25) is 9.80 Å². The highest BCUT2D eigenvalue weighted by atomic mass is 16.7. The molecule has 2 heterocycles. The molecule has 224 valence electrons. The van der Waals surface area contributed by atoms with Gasteiger partial charge < -0.3 is 20.3 Å². The number of rotatable bonds is 9. The predicted molar refractivity (Wildman–Crippen MR) is 171 cm³/mol. The summed E-state index contributed by atoms with van der Waals surface area (Å²) in [5.41, 5.74) is 13.7. The lowest BCUT2D eigenvalue weighted by molar-refractivity contribution is -0.276. The van der Waals surface area contributed by atoms with Gasteiger partial charge in [-0.2, -0.15) is 0 Å². The molecular formula is C37H43N3O3. The van der Waals surface area contributed by atoms with Crippen molar-refractivity contribution in [3.63, 3.8) is 0 Å². The highest BCUT2D eigenvalue weighted by molar-refractivity contribution is 5.64. The summed E-state index contributed by atoms with van der Waals surface area (Å²) >= 11 is 0. The zero-order chi connectivity index (χ0) is 29.6. The van der Waals surface area contributed by atoms with Gasteiger partial charge in [-0.15, -0.1) is 0 Å². The largest absolute Gasteiger partial charge is 0.392 e. The second-order valence-corrected chi connectivity index (χ2v) is 11.9. The highest BCUT2D eigenvalue weighted by Crippen LogP contribution is 2.42. The van der Waals surface area contributed by atoms with Crippen LogP contribution in [0.25, 0.3) is 11.1 Å². The Balaban J connectivity index is 1.17. The van der Waals surface area contributed by atoms with Crippen molar-refractivity contribution in [2.75, 3.05) is 32.7 Å². The molecule has 2 saturated heterocycles. The average Bonchev–Trinajstić information content (AvgIpc) is 3.07. The molecule has 0 saturated carbocycles. The Kier molecular flexibility index (Phi) is 9.64. The fraction of sp³-hybridized carbons (Fsp3) is 0.351. The van der Waals surface area contributed by atoms with Crippen LogP contribution in [0.5, 0.6) is 0 Å². The molecule has 6 nitrogen and oxygen atoms in total. The maximum absolute atomic E-state index is 9.57. The number of nitrogens with two attached hydrogens (primary N) is 1. The summed E-state index contributed by atoms with van der Waals surface area (Å²) in [4.78, 5) is 5.09. The summed E-state index contributed by atoms with van der Waals surface area (Å²) in [6.45, 7) is 8.82. The van der Waals surface area contributed by atoms with E-state index in [1.54, 1.807) is 0 Å². The van der Waals surface area contributed by atoms with Crippen LogP contribution in [0.2, 0.25) is 0 Å². The van der Waals surface area contributed by atoms with Crippen LogP contribution in [-0.4, -0.2) is 53.7 Å². The van der Waals surface area contributed by atoms with Crippen molar-refractivity contribution in [3.8, 4) is 11.1 Å². The number of aliphatic hydroxyl groups excluding tert-OH is 1. The Morgan fingerprint density at radius 3 is 2.07 bits per heavy atom. The quantitative estimate of drug-likeness (QED) is 0.258. The molecule has 0 bridgehead atoms. The minimum absolute atomic E-state index is 0.0165. The standard InChI is InChI=1S/C37H43N3O3/c1-27-35(25-40-20-18-39(19-21-40)24-28-6-3-2-4-7-28)42-37(43-36(27)32-12-10-29(26-41)11-13-32)33-16-14-31(15-17-33)34-9-5-8-30(22-34)23-38/h2-17,22,27,35-37,41H,18-21,23-26,38H2,1H3. The van der Waals surface area contributed by atoms with Crippen molar-refractivity contribution in [1.82, 2.24) is 9.80 Å². The fourth-order valence-electron chi connectivity index (χ4n) is 6.26. The minimum atomic E-state index is -0.465. The molecule has 2 aliphatic rings. The summed E-state index contributed by atoms with van der Waals surface area (Å²) in [6.07, 6.45) is -0.563. The third kappa shape index (κ3) is 7.24. The van der Waals surface area contributed by atoms with E-state index in [9.17, 15) is 5.11 Å². The molecule has 0 amide bonds. The van der Waals surface area contributed by atoms with Gasteiger partial charge in [-0.25, -0.2) is 0 Å². The van der Waals surface area contributed by atoms with Gasteiger partial charge in [-0.05, 0) is 39.4 Å². The molecule has 4 atom stereocenters. The Bertz CT molecular complexity index is 1440. The van der Waals surface area contributed by atoms with Gasteiger partial charge in [0.05, 0.1) is 18.8 Å². The van der Waals surface area contributed by atoms with Gasteiger partial charge in [-0.1, -0.05) is 104 Å². The number of ether oxygens (including phenoxy) is 2. The average molecular weight is 578 g/mol. The van der Waals surface area contributed by atoms with E-state index in [1.807, 2.05) is 12.1 Å². The molecule has 0 radical (unpaired) electrons. The van der Waals surface area contributed by atoms with Crippen molar-refractivity contribution in [2.45, 2.75) is 45.1 Å². The molecule has 6 heteroatoms.